The maximum atomic E-state index is 5.32. The van der Waals surface area contributed by atoms with Gasteiger partial charge >= 0.3 is 0 Å². The van der Waals surface area contributed by atoms with E-state index in [1.807, 2.05) is 18.7 Å². The van der Waals surface area contributed by atoms with Crippen molar-refractivity contribution in [1.82, 2.24) is 10.3 Å². The molecule has 0 bridgehead atoms. The fraction of sp³-hybridized carbons (Fsp3) is 0.625. The van der Waals surface area contributed by atoms with Crippen LogP contribution in [0.4, 0.5) is 0 Å². The Morgan fingerprint density at radius 1 is 1.75 bits per heavy atom. The average molecular weight is 184 g/mol. The lowest BCUT2D eigenvalue weighted by molar-refractivity contribution is 0.422. The Labute approximate surface area is 75.9 Å². The van der Waals surface area contributed by atoms with Crippen LogP contribution in [0.3, 0.4) is 0 Å². The van der Waals surface area contributed by atoms with E-state index in [9.17, 15) is 0 Å². The van der Waals surface area contributed by atoms with Gasteiger partial charge in [-0.05, 0) is 6.92 Å². The molecule has 0 spiro atoms. The van der Waals surface area contributed by atoms with Gasteiger partial charge in [-0.3, -0.25) is 0 Å². The molecule has 1 aliphatic rings. The number of rotatable bonds is 1. The van der Waals surface area contributed by atoms with E-state index in [1.54, 1.807) is 6.26 Å². The van der Waals surface area contributed by atoms with Gasteiger partial charge in [0.15, 0.2) is 0 Å². The molecule has 4 heteroatoms. The van der Waals surface area contributed by atoms with Gasteiger partial charge in [-0.1, -0.05) is 0 Å². The van der Waals surface area contributed by atoms with E-state index in [-0.39, 0.29) is 0 Å². The Balaban J connectivity index is 2.08. The molecule has 1 aliphatic heterocycles. The van der Waals surface area contributed by atoms with Crippen LogP contribution >= 0.6 is 11.8 Å². The van der Waals surface area contributed by atoms with Crippen molar-refractivity contribution in [2.24, 2.45) is 0 Å². The molecule has 3 nitrogen and oxygen atoms in total. The second-order valence-electron chi connectivity index (χ2n) is 2.91. The van der Waals surface area contributed by atoms with Crippen LogP contribution in [0.1, 0.15) is 17.6 Å². The van der Waals surface area contributed by atoms with Crippen molar-refractivity contribution >= 4 is 11.8 Å². The molecule has 2 rings (SSSR count). The topological polar surface area (TPSA) is 38.1 Å². The van der Waals surface area contributed by atoms with Crippen molar-refractivity contribution in [3.8, 4) is 0 Å². The lowest BCUT2D eigenvalue weighted by Crippen LogP contribution is -2.30. The quantitative estimate of drug-likeness (QED) is 0.715. The minimum Gasteiger partial charge on any atom is -0.447 e. The summed E-state index contributed by atoms with van der Waals surface area (Å²) in [6, 6.07) is 0.317. The second kappa shape index (κ2) is 3.49. The predicted octanol–water partition coefficient (Wildman–Crippen LogP) is 1.36. The van der Waals surface area contributed by atoms with E-state index >= 15 is 0 Å². The Kier molecular flexibility index (Phi) is 2.37. The van der Waals surface area contributed by atoms with Gasteiger partial charge in [0.2, 0.25) is 5.89 Å². The van der Waals surface area contributed by atoms with Gasteiger partial charge in [0.1, 0.15) is 6.26 Å². The summed E-state index contributed by atoms with van der Waals surface area (Å²) < 4.78 is 5.32. The number of thioether (sulfide) groups is 1. The molecule has 1 saturated heterocycles. The SMILES string of the molecule is Cc1coc(C2CSCCN2)n1. The van der Waals surface area contributed by atoms with Crippen LogP contribution in [0, 0.1) is 6.92 Å². The molecule has 0 aliphatic carbocycles. The van der Waals surface area contributed by atoms with Crippen LogP contribution in [-0.4, -0.2) is 23.0 Å². The van der Waals surface area contributed by atoms with Crippen molar-refractivity contribution in [2.45, 2.75) is 13.0 Å². The highest BCUT2D eigenvalue weighted by atomic mass is 32.2. The summed E-state index contributed by atoms with van der Waals surface area (Å²) >= 11 is 1.94. The highest BCUT2D eigenvalue weighted by Gasteiger charge is 2.18. The third kappa shape index (κ3) is 1.64. The molecule has 1 aromatic heterocycles. The molecule has 0 aromatic carbocycles. The number of hydrogen-bond donors (Lipinski definition) is 1. The minimum absolute atomic E-state index is 0.317. The average Bonchev–Trinajstić information content (AvgIpc) is 2.54. The first kappa shape index (κ1) is 8.13. The van der Waals surface area contributed by atoms with Crippen molar-refractivity contribution < 1.29 is 4.42 Å². The number of aromatic nitrogens is 1. The molecule has 1 N–H and O–H groups in total. The third-order valence-corrected chi connectivity index (χ3v) is 2.92. The van der Waals surface area contributed by atoms with Gasteiger partial charge in [0.25, 0.3) is 0 Å². The summed E-state index contributed by atoms with van der Waals surface area (Å²) in [4.78, 5) is 4.29. The number of hydrogen-bond acceptors (Lipinski definition) is 4. The van der Waals surface area contributed by atoms with Crippen molar-refractivity contribution in [2.75, 3.05) is 18.1 Å². The molecule has 1 unspecified atom stereocenters. The molecule has 1 atom stereocenters. The zero-order valence-electron chi connectivity index (χ0n) is 7.04. The summed E-state index contributed by atoms with van der Waals surface area (Å²) in [7, 11) is 0. The maximum absolute atomic E-state index is 5.32. The molecule has 1 aromatic rings. The zero-order chi connectivity index (χ0) is 8.39. The van der Waals surface area contributed by atoms with Gasteiger partial charge < -0.3 is 9.73 Å². The number of nitrogens with one attached hydrogen (secondary N) is 1. The number of oxazole rings is 1. The largest absolute Gasteiger partial charge is 0.447 e. The molecule has 12 heavy (non-hydrogen) atoms. The minimum atomic E-state index is 0.317. The highest BCUT2D eigenvalue weighted by molar-refractivity contribution is 7.99. The molecule has 1 fully saturated rings. The van der Waals surface area contributed by atoms with Gasteiger partial charge in [-0.15, -0.1) is 0 Å². The lowest BCUT2D eigenvalue weighted by Gasteiger charge is -2.19. The van der Waals surface area contributed by atoms with Crippen molar-refractivity contribution in [1.29, 1.82) is 0 Å². The first-order valence-electron chi connectivity index (χ1n) is 4.09. The van der Waals surface area contributed by atoms with Gasteiger partial charge in [0.05, 0.1) is 11.7 Å². The second-order valence-corrected chi connectivity index (χ2v) is 4.06. The van der Waals surface area contributed by atoms with E-state index in [1.165, 1.54) is 5.75 Å². The molecule has 0 amide bonds. The normalized spacial score (nSPS) is 24.2. The van der Waals surface area contributed by atoms with Crippen LogP contribution in [0.2, 0.25) is 0 Å². The van der Waals surface area contributed by atoms with Crippen LogP contribution < -0.4 is 5.32 Å². The summed E-state index contributed by atoms with van der Waals surface area (Å²) in [6.45, 7) is 3.00. The molecule has 66 valence electrons. The highest BCUT2D eigenvalue weighted by Crippen LogP contribution is 2.20. The smallest absolute Gasteiger partial charge is 0.212 e. The van der Waals surface area contributed by atoms with Crippen LogP contribution in [0.25, 0.3) is 0 Å². The number of aryl methyl sites for hydroxylation is 1. The Bertz CT molecular complexity index is 255. The molecule has 0 saturated carbocycles. The van der Waals surface area contributed by atoms with E-state index in [0.29, 0.717) is 6.04 Å². The van der Waals surface area contributed by atoms with E-state index in [2.05, 4.69) is 10.3 Å². The van der Waals surface area contributed by atoms with E-state index in [4.69, 9.17) is 4.42 Å². The number of nitrogens with zero attached hydrogens (tertiary/aromatic N) is 1. The Hall–Kier alpha value is -0.480. The van der Waals surface area contributed by atoms with E-state index in [0.717, 1.165) is 23.9 Å². The standard InChI is InChI=1S/C8H12N2OS/c1-6-4-11-8(10-6)7-5-12-3-2-9-7/h4,7,9H,2-3,5H2,1H3. The fourth-order valence-corrected chi connectivity index (χ4v) is 2.18. The summed E-state index contributed by atoms with van der Waals surface area (Å²) in [5.74, 6) is 3.09. The first-order chi connectivity index (χ1) is 5.86. The zero-order valence-corrected chi connectivity index (χ0v) is 7.86. The molecule has 2 heterocycles. The van der Waals surface area contributed by atoms with Crippen molar-refractivity contribution in [3.63, 3.8) is 0 Å². The lowest BCUT2D eigenvalue weighted by atomic mass is 10.3. The van der Waals surface area contributed by atoms with Crippen LogP contribution in [0.15, 0.2) is 10.7 Å². The third-order valence-electron chi connectivity index (χ3n) is 1.86. The van der Waals surface area contributed by atoms with Gasteiger partial charge in [-0.25, -0.2) is 4.98 Å². The summed E-state index contributed by atoms with van der Waals surface area (Å²) in [5, 5.41) is 3.37. The Morgan fingerprint density at radius 3 is 3.25 bits per heavy atom. The van der Waals surface area contributed by atoms with Gasteiger partial charge in [-0.2, -0.15) is 11.8 Å². The Morgan fingerprint density at radius 2 is 2.67 bits per heavy atom. The maximum Gasteiger partial charge on any atom is 0.212 e. The van der Waals surface area contributed by atoms with Gasteiger partial charge in [0, 0.05) is 18.1 Å². The molecular weight excluding hydrogens is 172 g/mol. The molecule has 0 radical (unpaired) electrons. The molecular formula is C8H12N2OS. The fourth-order valence-electron chi connectivity index (χ4n) is 1.26. The predicted molar refractivity (Wildman–Crippen MR) is 49.3 cm³/mol. The monoisotopic (exact) mass is 184 g/mol. The summed E-state index contributed by atoms with van der Waals surface area (Å²) in [5.41, 5.74) is 0.961. The van der Waals surface area contributed by atoms with Crippen molar-refractivity contribution in [3.05, 3.63) is 17.8 Å². The van der Waals surface area contributed by atoms with Crippen LogP contribution in [0.5, 0.6) is 0 Å². The van der Waals surface area contributed by atoms with Crippen LogP contribution in [-0.2, 0) is 0 Å². The van der Waals surface area contributed by atoms with E-state index < -0.39 is 0 Å². The summed E-state index contributed by atoms with van der Waals surface area (Å²) in [6.07, 6.45) is 1.70. The first-order valence-corrected chi connectivity index (χ1v) is 5.25.